The van der Waals surface area contributed by atoms with Gasteiger partial charge in [-0.15, -0.1) is 5.10 Å². The van der Waals surface area contributed by atoms with Crippen molar-refractivity contribution >= 4 is 17.4 Å². The third kappa shape index (κ3) is 4.52. The maximum atomic E-state index is 14.2. The second-order valence-electron chi connectivity index (χ2n) is 7.27. The topological polar surface area (TPSA) is 94.3 Å². The van der Waals surface area contributed by atoms with Crippen molar-refractivity contribution in [1.82, 2.24) is 15.2 Å². The van der Waals surface area contributed by atoms with E-state index in [1.807, 2.05) is 26.8 Å². The predicted molar refractivity (Wildman–Crippen MR) is 105 cm³/mol. The molecule has 2 N–H and O–H groups in total. The van der Waals surface area contributed by atoms with Crippen molar-refractivity contribution < 1.29 is 18.3 Å². The molecule has 1 aromatic carbocycles. The number of aromatic nitrogens is 3. The molecule has 0 bridgehead atoms. The monoisotopic (exact) mass is 399 g/mol. The molecule has 1 aliphatic heterocycles. The van der Waals surface area contributed by atoms with E-state index in [0.717, 1.165) is 5.56 Å². The highest BCUT2D eigenvalue weighted by atomic mass is 19.1. The molecule has 2 aromatic heterocycles. The molecule has 1 aliphatic rings. The molecular weight excluding hydrogens is 377 g/mol. The van der Waals surface area contributed by atoms with E-state index in [0.29, 0.717) is 30.1 Å². The standard InChI is InChI=1S/C20H22FN5O3/c1-12-4-5-16(15(21)8-12)24-17-10-22-7-6-14(17)18-25-26-19(28-18)23-9-13-11-27-20(2,3)29-13/h4-8,10,13,24H,9,11H2,1-3H3,(H,23,26). The van der Waals surface area contributed by atoms with Crippen molar-refractivity contribution in [3.05, 3.63) is 48.0 Å². The molecule has 0 aliphatic carbocycles. The zero-order valence-corrected chi connectivity index (χ0v) is 16.4. The molecule has 1 saturated heterocycles. The van der Waals surface area contributed by atoms with Gasteiger partial charge in [0.2, 0.25) is 0 Å². The average Bonchev–Trinajstić information content (AvgIpc) is 3.29. The lowest BCUT2D eigenvalue weighted by molar-refractivity contribution is -0.136. The first-order valence-electron chi connectivity index (χ1n) is 9.26. The van der Waals surface area contributed by atoms with Crippen LogP contribution in [0, 0.1) is 12.7 Å². The Morgan fingerprint density at radius 1 is 1.21 bits per heavy atom. The van der Waals surface area contributed by atoms with Gasteiger partial charge in [-0.25, -0.2) is 4.39 Å². The normalized spacial score (nSPS) is 18.0. The van der Waals surface area contributed by atoms with Gasteiger partial charge in [-0.3, -0.25) is 4.98 Å². The minimum absolute atomic E-state index is 0.108. The molecule has 3 aromatic rings. The number of nitrogens with one attached hydrogen (secondary N) is 2. The quantitative estimate of drug-likeness (QED) is 0.645. The predicted octanol–water partition coefficient (Wildman–Crippen LogP) is 3.89. The molecule has 0 spiro atoms. The van der Waals surface area contributed by atoms with E-state index >= 15 is 0 Å². The van der Waals surface area contributed by atoms with Gasteiger partial charge in [0, 0.05) is 12.7 Å². The Labute approximate surface area is 167 Å². The summed E-state index contributed by atoms with van der Waals surface area (Å²) in [5.74, 6) is -0.655. The van der Waals surface area contributed by atoms with Crippen LogP contribution in [0.25, 0.3) is 11.5 Å². The van der Waals surface area contributed by atoms with E-state index in [-0.39, 0.29) is 23.8 Å². The Balaban J connectivity index is 1.48. The number of ether oxygens (including phenoxy) is 2. The van der Waals surface area contributed by atoms with Gasteiger partial charge in [0.15, 0.2) is 5.79 Å². The number of hydrogen-bond donors (Lipinski definition) is 2. The fourth-order valence-corrected chi connectivity index (χ4v) is 3.02. The first kappa shape index (κ1) is 19.3. The van der Waals surface area contributed by atoms with E-state index in [1.54, 1.807) is 24.5 Å². The summed E-state index contributed by atoms with van der Waals surface area (Å²) in [5, 5.41) is 14.2. The molecule has 29 heavy (non-hydrogen) atoms. The number of hydrogen-bond acceptors (Lipinski definition) is 8. The fourth-order valence-electron chi connectivity index (χ4n) is 3.02. The molecule has 1 fully saturated rings. The smallest absolute Gasteiger partial charge is 0.315 e. The molecule has 0 radical (unpaired) electrons. The molecule has 152 valence electrons. The zero-order chi connectivity index (χ0) is 20.4. The number of pyridine rings is 1. The number of aryl methyl sites for hydroxylation is 1. The van der Waals surface area contributed by atoms with E-state index < -0.39 is 5.79 Å². The minimum atomic E-state index is -0.588. The first-order chi connectivity index (χ1) is 13.9. The number of halogens is 1. The van der Waals surface area contributed by atoms with E-state index in [1.165, 1.54) is 6.07 Å². The third-order valence-electron chi connectivity index (χ3n) is 4.42. The van der Waals surface area contributed by atoms with Gasteiger partial charge >= 0.3 is 6.01 Å². The Bertz CT molecular complexity index is 1010. The molecule has 0 amide bonds. The summed E-state index contributed by atoms with van der Waals surface area (Å²) >= 11 is 0. The van der Waals surface area contributed by atoms with Crippen molar-refractivity contribution in [3.8, 4) is 11.5 Å². The van der Waals surface area contributed by atoms with Crippen LogP contribution in [0.3, 0.4) is 0 Å². The van der Waals surface area contributed by atoms with Gasteiger partial charge in [-0.2, -0.15) is 0 Å². The van der Waals surface area contributed by atoms with Crippen LogP contribution in [0.15, 0.2) is 41.1 Å². The third-order valence-corrected chi connectivity index (χ3v) is 4.42. The minimum Gasteiger partial charge on any atom is -0.403 e. The van der Waals surface area contributed by atoms with Crippen LogP contribution in [-0.4, -0.2) is 40.2 Å². The Morgan fingerprint density at radius 3 is 2.83 bits per heavy atom. The summed E-state index contributed by atoms with van der Waals surface area (Å²) in [6.07, 6.45) is 3.08. The summed E-state index contributed by atoms with van der Waals surface area (Å²) in [7, 11) is 0. The van der Waals surface area contributed by atoms with E-state index in [2.05, 4.69) is 25.8 Å². The summed E-state index contributed by atoms with van der Waals surface area (Å²) in [4.78, 5) is 4.10. The zero-order valence-electron chi connectivity index (χ0n) is 16.4. The van der Waals surface area contributed by atoms with Gasteiger partial charge in [0.1, 0.15) is 11.9 Å². The molecule has 3 heterocycles. The highest BCUT2D eigenvalue weighted by Gasteiger charge is 2.32. The lowest BCUT2D eigenvalue weighted by Gasteiger charge is -2.16. The van der Waals surface area contributed by atoms with Crippen LogP contribution in [0.2, 0.25) is 0 Å². The summed E-state index contributed by atoms with van der Waals surface area (Å²) in [5.41, 5.74) is 2.35. The van der Waals surface area contributed by atoms with Crippen LogP contribution in [-0.2, 0) is 9.47 Å². The van der Waals surface area contributed by atoms with E-state index in [9.17, 15) is 4.39 Å². The van der Waals surface area contributed by atoms with Crippen LogP contribution in [0.5, 0.6) is 0 Å². The second-order valence-corrected chi connectivity index (χ2v) is 7.27. The van der Waals surface area contributed by atoms with Gasteiger partial charge in [-0.05, 0) is 44.5 Å². The van der Waals surface area contributed by atoms with Crippen LogP contribution in [0.1, 0.15) is 19.4 Å². The highest BCUT2D eigenvalue weighted by Crippen LogP contribution is 2.30. The maximum absolute atomic E-state index is 14.2. The second kappa shape index (κ2) is 7.76. The number of benzene rings is 1. The Hall–Kier alpha value is -3.04. The van der Waals surface area contributed by atoms with Crippen LogP contribution >= 0.6 is 0 Å². The van der Waals surface area contributed by atoms with Crippen molar-refractivity contribution in [2.75, 3.05) is 23.8 Å². The van der Waals surface area contributed by atoms with Gasteiger partial charge in [0.25, 0.3) is 5.89 Å². The Morgan fingerprint density at radius 2 is 2.07 bits per heavy atom. The first-order valence-corrected chi connectivity index (χ1v) is 9.26. The number of anilines is 3. The molecule has 1 unspecified atom stereocenters. The lowest BCUT2D eigenvalue weighted by atomic mass is 10.2. The van der Waals surface area contributed by atoms with Crippen LogP contribution < -0.4 is 10.6 Å². The van der Waals surface area contributed by atoms with Gasteiger partial charge in [-0.1, -0.05) is 11.2 Å². The highest BCUT2D eigenvalue weighted by molar-refractivity contribution is 5.76. The summed E-state index contributed by atoms with van der Waals surface area (Å²) in [6, 6.07) is 6.95. The molecule has 8 nitrogen and oxygen atoms in total. The summed E-state index contributed by atoms with van der Waals surface area (Å²) in [6.45, 7) is 6.53. The largest absolute Gasteiger partial charge is 0.403 e. The molecule has 9 heteroatoms. The van der Waals surface area contributed by atoms with Crippen LogP contribution in [0.4, 0.5) is 21.8 Å². The number of rotatable bonds is 6. The SMILES string of the molecule is Cc1ccc(Nc2cnccc2-c2nnc(NCC3COC(C)(C)O3)o2)c(F)c1. The van der Waals surface area contributed by atoms with Gasteiger partial charge in [0.05, 0.1) is 29.7 Å². The lowest BCUT2D eigenvalue weighted by Crippen LogP contribution is -2.26. The molecular formula is C20H22FN5O3. The molecule has 1 atom stereocenters. The van der Waals surface area contributed by atoms with Crippen molar-refractivity contribution in [3.63, 3.8) is 0 Å². The van der Waals surface area contributed by atoms with E-state index in [4.69, 9.17) is 13.9 Å². The molecule has 4 rings (SSSR count). The van der Waals surface area contributed by atoms with Crippen molar-refractivity contribution in [2.24, 2.45) is 0 Å². The van der Waals surface area contributed by atoms with Crippen molar-refractivity contribution in [2.45, 2.75) is 32.7 Å². The Kier molecular flexibility index (Phi) is 5.16. The number of nitrogens with zero attached hydrogens (tertiary/aromatic N) is 3. The maximum Gasteiger partial charge on any atom is 0.315 e. The van der Waals surface area contributed by atoms with Crippen molar-refractivity contribution in [1.29, 1.82) is 0 Å². The average molecular weight is 399 g/mol. The fraction of sp³-hybridized carbons (Fsp3) is 0.350. The van der Waals surface area contributed by atoms with Gasteiger partial charge < -0.3 is 24.5 Å². The summed E-state index contributed by atoms with van der Waals surface area (Å²) < 4.78 is 31.2. The molecule has 0 saturated carbocycles.